The zero-order valence-electron chi connectivity index (χ0n) is 10.00. The average molecular weight is 256 g/mol. The Morgan fingerprint density at radius 2 is 2.28 bits per heavy atom. The van der Waals surface area contributed by atoms with E-state index in [1.54, 1.807) is 6.92 Å². The van der Waals surface area contributed by atoms with Crippen molar-refractivity contribution in [3.63, 3.8) is 0 Å². The van der Waals surface area contributed by atoms with Crippen LogP contribution in [0.5, 0.6) is 0 Å². The molecule has 7 heteroatoms. The van der Waals surface area contributed by atoms with E-state index < -0.39 is 29.0 Å². The van der Waals surface area contributed by atoms with E-state index in [9.17, 15) is 19.8 Å². The number of rotatable bonds is 3. The zero-order valence-corrected chi connectivity index (χ0v) is 10.00. The van der Waals surface area contributed by atoms with Gasteiger partial charge in [0.25, 0.3) is 5.56 Å². The van der Waals surface area contributed by atoms with Crippen LogP contribution in [-0.2, 0) is 4.74 Å². The van der Waals surface area contributed by atoms with E-state index in [1.165, 1.54) is 16.8 Å². The first-order valence-electron chi connectivity index (χ1n) is 5.69. The van der Waals surface area contributed by atoms with Crippen molar-refractivity contribution in [3.8, 4) is 0 Å². The summed E-state index contributed by atoms with van der Waals surface area (Å²) < 4.78 is 6.81. The van der Waals surface area contributed by atoms with Gasteiger partial charge in [0.05, 0.1) is 19.3 Å². The highest BCUT2D eigenvalue weighted by Crippen LogP contribution is 2.41. The standard InChI is InChI=1S/C11H16N2O5/c1-11(6-15)4-9(18-7(11)5-14)13-3-2-8(16)12-10(13)17/h2-3,7,9,14-15H,4-6H2,1H3,(H,12,16,17)/t7-,9+,11-/m1/s1. The molecule has 1 aromatic rings. The smallest absolute Gasteiger partial charge is 0.330 e. The highest BCUT2D eigenvalue weighted by Gasteiger charge is 2.45. The van der Waals surface area contributed by atoms with Crippen LogP contribution in [0.15, 0.2) is 21.9 Å². The number of nitrogens with zero attached hydrogens (tertiary/aromatic N) is 1. The van der Waals surface area contributed by atoms with Gasteiger partial charge in [0.2, 0.25) is 0 Å². The second-order valence-corrected chi connectivity index (χ2v) is 4.80. The minimum atomic E-state index is -0.602. The lowest BCUT2D eigenvalue weighted by atomic mass is 9.84. The summed E-state index contributed by atoms with van der Waals surface area (Å²) in [5.41, 5.74) is -1.64. The van der Waals surface area contributed by atoms with Crippen molar-refractivity contribution in [2.75, 3.05) is 13.2 Å². The van der Waals surface area contributed by atoms with Gasteiger partial charge in [0, 0.05) is 24.1 Å². The molecule has 0 saturated carbocycles. The van der Waals surface area contributed by atoms with E-state index in [0.29, 0.717) is 6.42 Å². The maximum atomic E-state index is 11.6. The molecule has 3 N–H and O–H groups in total. The zero-order chi connectivity index (χ0) is 13.3. The molecule has 1 aliphatic rings. The second kappa shape index (κ2) is 4.68. The average Bonchev–Trinajstić information content (AvgIpc) is 2.67. The van der Waals surface area contributed by atoms with Gasteiger partial charge in [-0.05, 0) is 0 Å². The minimum Gasteiger partial charge on any atom is -0.396 e. The van der Waals surface area contributed by atoms with Crippen molar-refractivity contribution in [2.24, 2.45) is 5.41 Å². The topological polar surface area (TPSA) is 105 Å². The monoisotopic (exact) mass is 256 g/mol. The molecule has 1 aliphatic heterocycles. The number of aliphatic hydroxyl groups is 2. The fourth-order valence-corrected chi connectivity index (χ4v) is 2.18. The maximum absolute atomic E-state index is 11.6. The number of ether oxygens (including phenoxy) is 1. The Kier molecular flexibility index (Phi) is 3.38. The van der Waals surface area contributed by atoms with Crippen LogP contribution in [0.3, 0.4) is 0 Å². The van der Waals surface area contributed by atoms with E-state index in [1.807, 2.05) is 0 Å². The molecule has 0 unspecified atom stereocenters. The molecule has 3 atom stereocenters. The van der Waals surface area contributed by atoms with Crippen molar-refractivity contribution in [1.29, 1.82) is 0 Å². The summed E-state index contributed by atoms with van der Waals surface area (Å²) in [4.78, 5) is 24.7. The second-order valence-electron chi connectivity index (χ2n) is 4.80. The minimum absolute atomic E-state index is 0.146. The third-order valence-electron chi connectivity index (χ3n) is 3.43. The lowest BCUT2D eigenvalue weighted by Crippen LogP contribution is -2.34. The molecule has 18 heavy (non-hydrogen) atoms. The van der Waals surface area contributed by atoms with Gasteiger partial charge in [-0.1, -0.05) is 6.92 Å². The SMILES string of the molecule is C[C@]1(CO)C[C@@H](n2ccc(=O)[nH]c2=O)O[C@@H]1CO. The Labute approximate surface area is 103 Å². The largest absolute Gasteiger partial charge is 0.396 e. The molecule has 0 aromatic carbocycles. The number of hydrogen-bond acceptors (Lipinski definition) is 5. The summed E-state index contributed by atoms with van der Waals surface area (Å²) in [6.07, 6.45) is 0.610. The molecule has 0 bridgehead atoms. The molecule has 1 saturated heterocycles. The third kappa shape index (κ3) is 2.12. The third-order valence-corrected chi connectivity index (χ3v) is 3.43. The first-order valence-corrected chi connectivity index (χ1v) is 5.69. The Morgan fingerprint density at radius 1 is 1.56 bits per heavy atom. The molecular weight excluding hydrogens is 240 g/mol. The highest BCUT2D eigenvalue weighted by molar-refractivity contribution is 4.93. The van der Waals surface area contributed by atoms with Crippen LogP contribution in [0.2, 0.25) is 0 Å². The normalized spacial score (nSPS) is 31.7. The Morgan fingerprint density at radius 3 is 2.78 bits per heavy atom. The predicted octanol–water partition coefficient (Wildman–Crippen LogP) is -1.18. The van der Waals surface area contributed by atoms with Gasteiger partial charge in [-0.3, -0.25) is 14.3 Å². The summed E-state index contributed by atoms with van der Waals surface area (Å²) in [5.74, 6) is 0. The van der Waals surface area contributed by atoms with E-state index in [-0.39, 0.29) is 13.2 Å². The first-order chi connectivity index (χ1) is 8.50. The Hall–Kier alpha value is -1.44. The number of aromatic nitrogens is 2. The van der Waals surface area contributed by atoms with Crippen molar-refractivity contribution in [1.82, 2.24) is 9.55 Å². The van der Waals surface area contributed by atoms with Gasteiger partial charge >= 0.3 is 5.69 Å². The van der Waals surface area contributed by atoms with Crippen molar-refractivity contribution in [2.45, 2.75) is 25.7 Å². The summed E-state index contributed by atoms with van der Waals surface area (Å²) in [6, 6.07) is 1.23. The summed E-state index contributed by atoms with van der Waals surface area (Å²) in [6.45, 7) is 1.41. The van der Waals surface area contributed by atoms with Crippen LogP contribution in [0.4, 0.5) is 0 Å². The number of aliphatic hydroxyl groups excluding tert-OH is 2. The molecule has 0 radical (unpaired) electrons. The van der Waals surface area contributed by atoms with Gasteiger partial charge in [-0.25, -0.2) is 4.79 Å². The highest BCUT2D eigenvalue weighted by atomic mass is 16.5. The number of nitrogens with one attached hydrogen (secondary N) is 1. The lowest BCUT2D eigenvalue weighted by Gasteiger charge is -2.25. The van der Waals surface area contributed by atoms with E-state index >= 15 is 0 Å². The molecule has 2 heterocycles. The first kappa shape index (κ1) is 13.0. The molecule has 0 aliphatic carbocycles. The summed E-state index contributed by atoms with van der Waals surface area (Å²) in [5, 5.41) is 18.6. The Bertz CT molecular complexity index is 537. The van der Waals surface area contributed by atoms with Gasteiger partial charge in [0.15, 0.2) is 0 Å². The van der Waals surface area contributed by atoms with Crippen molar-refractivity contribution < 1.29 is 14.9 Å². The van der Waals surface area contributed by atoms with Crippen LogP contribution >= 0.6 is 0 Å². The predicted molar refractivity (Wildman–Crippen MR) is 62.1 cm³/mol. The van der Waals surface area contributed by atoms with E-state index in [4.69, 9.17) is 4.74 Å². The van der Waals surface area contributed by atoms with Crippen LogP contribution in [0.25, 0.3) is 0 Å². The number of hydrogen-bond donors (Lipinski definition) is 3. The van der Waals surface area contributed by atoms with Crippen LogP contribution in [-0.4, -0.2) is 39.1 Å². The molecule has 0 amide bonds. The van der Waals surface area contributed by atoms with Gasteiger partial charge in [-0.2, -0.15) is 0 Å². The van der Waals surface area contributed by atoms with Gasteiger partial charge in [-0.15, -0.1) is 0 Å². The molecular formula is C11H16N2O5. The lowest BCUT2D eigenvalue weighted by molar-refractivity contribution is -0.0541. The van der Waals surface area contributed by atoms with E-state index in [0.717, 1.165) is 0 Å². The van der Waals surface area contributed by atoms with E-state index in [2.05, 4.69) is 4.98 Å². The molecule has 1 aromatic heterocycles. The summed E-state index contributed by atoms with van der Waals surface area (Å²) in [7, 11) is 0. The Balaban J connectivity index is 2.32. The maximum Gasteiger partial charge on any atom is 0.330 e. The number of H-pyrrole nitrogens is 1. The molecule has 1 fully saturated rings. The van der Waals surface area contributed by atoms with Crippen LogP contribution in [0, 0.1) is 5.41 Å². The fourth-order valence-electron chi connectivity index (χ4n) is 2.18. The molecule has 0 spiro atoms. The van der Waals surface area contributed by atoms with Gasteiger partial charge < -0.3 is 14.9 Å². The quantitative estimate of drug-likeness (QED) is 0.631. The van der Waals surface area contributed by atoms with Crippen molar-refractivity contribution in [3.05, 3.63) is 33.1 Å². The van der Waals surface area contributed by atoms with Crippen LogP contribution < -0.4 is 11.2 Å². The number of aromatic amines is 1. The molecule has 2 rings (SSSR count). The van der Waals surface area contributed by atoms with Crippen molar-refractivity contribution >= 4 is 0 Å². The molecule has 100 valence electrons. The van der Waals surface area contributed by atoms with Gasteiger partial charge in [0.1, 0.15) is 6.23 Å². The summed E-state index contributed by atoms with van der Waals surface area (Å²) >= 11 is 0. The van der Waals surface area contributed by atoms with Crippen LogP contribution in [0.1, 0.15) is 19.6 Å². The molecule has 7 nitrogen and oxygen atoms in total. The fraction of sp³-hybridized carbons (Fsp3) is 0.636.